The van der Waals surface area contributed by atoms with Gasteiger partial charge in [0, 0.05) is 12.3 Å². The molecule has 1 saturated heterocycles. The summed E-state index contributed by atoms with van der Waals surface area (Å²) in [5.74, 6) is -0.937. The van der Waals surface area contributed by atoms with Gasteiger partial charge in [0.05, 0.1) is 11.1 Å². The van der Waals surface area contributed by atoms with E-state index in [0.29, 0.717) is 12.2 Å². The normalized spacial score (nSPS) is 22.3. The van der Waals surface area contributed by atoms with Crippen molar-refractivity contribution in [2.45, 2.75) is 31.2 Å². The minimum atomic E-state index is -3.40. The molecule has 0 saturated carbocycles. The maximum Gasteiger partial charge on any atom is 0.327 e. The molecule has 10 heteroatoms. The van der Waals surface area contributed by atoms with Gasteiger partial charge in [-0.2, -0.15) is 0 Å². The highest BCUT2D eigenvalue weighted by Crippen LogP contribution is 2.32. The van der Waals surface area contributed by atoms with Crippen LogP contribution in [0.1, 0.15) is 19.8 Å². The number of hydrogen-bond donors (Lipinski definition) is 3. The molecule has 1 rings (SSSR count). The number of amides is 2. The van der Waals surface area contributed by atoms with Crippen LogP contribution in [0.4, 0.5) is 4.79 Å². The van der Waals surface area contributed by atoms with Crippen molar-refractivity contribution >= 4 is 33.8 Å². The molecule has 2 atom stereocenters. The van der Waals surface area contributed by atoms with Gasteiger partial charge in [-0.25, -0.2) is 22.7 Å². The Kier molecular flexibility index (Phi) is 6.75. The molecular formula is C11H21N3O5S2. The van der Waals surface area contributed by atoms with Crippen LogP contribution in [-0.4, -0.2) is 66.9 Å². The molecule has 1 aliphatic rings. The van der Waals surface area contributed by atoms with Gasteiger partial charge in [0.2, 0.25) is 10.0 Å². The number of aliphatic carboxylic acids is 1. The summed E-state index contributed by atoms with van der Waals surface area (Å²) in [5.41, 5.74) is 0. The molecule has 3 N–H and O–H groups in total. The third-order valence-corrected chi connectivity index (χ3v) is 5.83. The second kappa shape index (κ2) is 7.85. The van der Waals surface area contributed by atoms with E-state index in [0.717, 1.165) is 6.42 Å². The second-order valence-electron chi connectivity index (χ2n) is 4.59. The molecule has 1 aliphatic heterocycles. The average molecular weight is 339 g/mol. The van der Waals surface area contributed by atoms with Gasteiger partial charge in [0.25, 0.3) is 0 Å². The van der Waals surface area contributed by atoms with Crippen LogP contribution < -0.4 is 10.0 Å². The van der Waals surface area contributed by atoms with E-state index in [9.17, 15) is 23.1 Å². The first-order valence-corrected chi connectivity index (χ1v) is 9.34. The summed E-state index contributed by atoms with van der Waals surface area (Å²) in [6, 6.07) is -1.40. The highest BCUT2D eigenvalue weighted by atomic mass is 32.2. The number of nitrogens with zero attached hydrogens (tertiary/aromatic N) is 1. The van der Waals surface area contributed by atoms with E-state index in [2.05, 4.69) is 10.0 Å². The first-order valence-electron chi connectivity index (χ1n) is 6.64. The zero-order valence-electron chi connectivity index (χ0n) is 12.0. The maximum atomic E-state index is 12.1. The van der Waals surface area contributed by atoms with Crippen molar-refractivity contribution in [1.82, 2.24) is 14.9 Å². The Labute approximate surface area is 128 Å². The quantitative estimate of drug-likeness (QED) is 0.595. The first kappa shape index (κ1) is 18.1. The number of thioether (sulfide) groups is 1. The van der Waals surface area contributed by atoms with Gasteiger partial charge >= 0.3 is 12.0 Å². The van der Waals surface area contributed by atoms with Crippen LogP contribution in [0.15, 0.2) is 0 Å². The third kappa shape index (κ3) is 5.04. The zero-order chi connectivity index (χ0) is 16.0. The molecule has 0 radical (unpaired) electrons. The average Bonchev–Trinajstić information content (AvgIpc) is 2.83. The van der Waals surface area contributed by atoms with Crippen molar-refractivity contribution in [2.24, 2.45) is 0 Å². The van der Waals surface area contributed by atoms with Crippen LogP contribution in [0.25, 0.3) is 0 Å². The Morgan fingerprint density at radius 3 is 2.62 bits per heavy atom. The third-order valence-electron chi connectivity index (χ3n) is 3.11. The fraction of sp³-hybridized carbons (Fsp3) is 0.818. The van der Waals surface area contributed by atoms with Crippen molar-refractivity contribution in [1.29, 1.82) is 0 Å². The molecule has 8 nitrogen and oxygen atoms in total. The number of carboxylic acids is 1. The van der Waals surface area contributed by atoms with Gasteiger partial charge in [-0.05, 0) is 13.5 Å². The number of urea groups is 1. The van der Waals surface area contributed by atoms with Gasteiger partial charge in [-0.1, -0.05) is 13.3 Å². The van der Waals surface area contributed by atoms with E-state index in [4.69, 9.17) is 0 Å². The van der Waals surface area contributed by atoms with E-state index in [1.165, 1.54) is 23.7 Å². The zero-order valence-corrected chi connectivity index (χ0v) is 13.7. The number of sulfonamides is 1. The van der Waals surface area contributed by atoms with E-state index in [1.54, 1.807) is 0 Å². The summed E-state index contributed by atoms with van der Waals surface area (Å²) in [6.45, 7) is 1.90. The lowest BCUT2D eigenvalue weighted by Crippen LogP contribution is -2.51. The Morgan fingerprint density at radius 2 is 2.10 bits per heavy atom. The number of carboxylic acid groups (broad SMARTS) is 1. The summed E-state index contributed by atoms with van der Waals surface area (Å²) in [6.07, 6.45) is 1.54. The van der Waals surface area contributed by atoms with Crippen LogP contribution in [0, 0.1) is 0 Å². The summed E-state index contributed by atoms with van der Waals surface area (Å²) in [7, 11) is -2.10. The molecule has 2 unspecified atom stereocenters. The molecule has 0 bridgehead atoms. The van der Waals surface area contributed by atoms with Crippen molar-refractivity contribution in [3.05, 3.63) is 0 Å². The molecule has 0 spiro atoms. The Bertz CT molecular complexity index is 482. The monoisotopic (exact) mass is 339 g/mol. The Morgan fingerprint density at radius 1 is 1.43 bits per heavy atom. The molecule has 0 aliphatic carbocycles. The smallest absolute Gasteiger partial charge is 0.327 e. The molecule has 0 aromatic heterocycles. The number of carbonyl (C=O) groups is 2. The number of hydrogen-bond acceptors (Lipinski definition) is 5. The molecule has 1 heterocycles. The Hall–Kier alpha value is -1.00. The standard InChI is InChI=1S/C11H21N3O5S2/c1-3-4-9-14(8(7-20-9)10(15)16)11(17)13-5-6-21(18,19)12-2/h8-9,12H,3-7H2,1-2H3,(H,13,17)(H,15,16). The Balaban J connectivity index is 2.65. The second-order valence-corrected chi connectivity index (χ2v) is 7.85. The van der Waals surface area contributed by atoms with Gasteiger partial charge < -0.3 is 10.4 Å². The highest BCUT2D eigenvalue weighted by Gasteiger charge is 2.41. The SMILES string of the molecule is CCCC1SCC(C(=O)O)N1C(=O)NCCS(=O)(=O)NC. The summed E-state index contributed by atoms with van der Waals surface area (Å²) in [5, 5.41) is 11.5. The summed E-state index contributed by atoms with van der Waals surface area (Å²) < 4.78 is 24.7. The lowest BCUT2D eigenvalue weighted by Gasteiger charge is -2.27. The predicted octanol–water partition coefficient (Wildman–Crippen LogP) is -0.127. The molecule has 21 heavy (non-hydrogen) atoms. The van der Waals surface area contributed by atoms with Crippen molar-refractivity contribution in [2.75, 3.05) is 25.1 Å². The van der Waals surface area contributed by atoms with Gasteiger partial charge in [-0.15, -0.1) is 11.8 Å². The van der Waals surface area contributed by atoms with Gasteiger partial charge in [0.1, 0.15) is 6.04 Å². The van der Waals surface area contributed by atoms with Crippen LogP contribution in [-0.2, 0) is 14.8 Å². The summed E-state index contributed by atoms with van der Waals surface area (Å²) >= 11 is 1.44. The van der Waals surface area contributed by atoms with E-state index >= 15 is 0 Å². The van der Waals surface area contributed by atoms with Crippen LogP contribution in [0.3, 0.4) is 0 Å². The van der Waals surface area contributed by atoms with Crippen LogP contribution >= 0.6 is 11.8 Å². The lowest BCUT2D eigenvalue weighted by molar-refractivity contribution is -0.141. The number of carbonyl (C=O) groups excluding carboxylic acids is 1. The van der Waals surface area contributed by atoms with E-state index < -0.39 is 28.1 Å². The van der Waals surface area contributed by atoms with Gasteiger partial charge in [0.15, 0.2) is 0 Å². The largest absolute Gasteiger partial charge is 0.480 e. The molecular weight excluding hydrogens is 318 g/mol. The van der Waals surface area contributed by atoms with E-state index in [1.807, 2.05) is 6.92 Å². The number of rotatable bonds is 7. The molecule has 2 amide bonds. The summed E-state index contributed by atoms with van der Waals surface area (Å²) in [4.78, 5) is 24.7. The fourth-order valence-electron chi connectivity index (χ4n) is 1.98. The van der Waals surface area contributed by atoms with Crippen molar-refractivity contribution < 1.29 is 23.1 Å². The van der Waals surface area contributed by atoms with E-state index in [-0.39, 0.29) is 17.7 Å². The van der Waals surface area contributed by atoms with Crippen molar-refractivity contribution in [3.63, 3.8) is 0 Å². The first-order chi connectivity index (χ1) is 9.82. The molecule has 0 aromatic carbocycles. The lowest BCUT2D eigenvalue weighted by atomic mass is 10.2. The maximum absolute atomic E-state index is 12.1. The fourth-order valence-corrected chi connectivity index (χ4v) is 4.07. The van der Waals surface area contributed by atoms with Gasteiger partial charge in [-0.3, -0.25) is 4.90 Å². The van der Waals surface area contributed by atoms with Crippen molar-refractivity contribution in [3.8, 4) is 0 Å². The minimum absolute atomic E-state index is 0.0612. The van der Waals surface area contributed by atoms with Crippen LogP contribution in [0.2, 0.25) is 0 Å². The molecule has 1 fully saturated rings. The topological polar surface area (TPSA) is 116 Å². The van der Waals surface area contributed by atoms with Crippen LogP contribution in [0.5, 0.6) is 0 Å². The predicted molar refractivity (Wildman–Crippen MR) is 80.7 cm³/mol. The number of nitrogens with one attached hydrogen (secondary N) is 2. The highest BCUT2D eigenvalue weighted by molar-refractivity contribution is 8.00. The molecule has 122 valence electrons. The molecule has 0 aromatic rings. The minimum Gasteiger partial charge on any atom is -0.480 e.